The van der Waals surface area contributed by atoms with Gasteiger partial charge in [-0.25, -0.2) is 13.2 Å². The average Bonchev–Trinajstić information content (AvgIpc) is 2.87. The molecule has 36 heavy (non-hydrogen) atoms. The molecule has 0 aliphatic carbocycles. The van der Waals surface area contributed by atoms with Crippen LogP contribution in [0.2, 0.25) is 0 Å². The predicted molar refractivity (Wildman–Crippen MR) is 142 cm³/mol. The van der Waals surface area contributed by atoms with E-state index in [1.165, 1.54) is 9.21 Å². The summed E-state index contributed by atoms with van der Waals surface area (Å²) in [6.45, 7) is 4.68. The molecule has 0 spiro atoms. The molecule has 8 heteroatoms. The highest BCUT2D eigenvalue weighted by molar-refractivity contribution is 7.92. The van der Waals surface area contributed by atoms with Gasteiger partial charge in [-0.2, -0.15) is 0 Å². The van der Waals surface area contributed by atoms with Crippen molar-refractivity contribution in [1.29, 1.82) is 0 Å². The second-order valence-electron chi connectivity index (χ2n) is 8.99. The van der Waals surface area contributed by atoms with Crippen LogP contribution in [0.1, 0.15) is 37.8 Å². The summed E-state index contributed by atoms with van der Waals surface area (Å²) >= 11 is 0. The van der Waals surface area contributed by atoms with Gasteiger partial charge < -0.3 is 15.1 Å². The number of hydrogen-bond donors (Lipinski definition) is 2. The highest BCUT2D eigenvalue weighted by atomic mass is 32.2. The van der Waals surface area contributed by atoms with Gasteiger partial charge in [-0.05, 0) is 48.1 Å². The molecule has 0 aromatic heterocycles. The summed E-state index contributed by atoms with van der Waals surface area (Å²) in [5, 5.41) is 20.9. The largest absolute Gasteiger partial charge is 0.505 e. The van der Waals surface area contributed by atoms with Crippen LogP contribution in [0.3, 0.4) is 0 Å². The predicted octanol–water partition coefficient (Wildman–Crippen LogP) is 5.75. The maximum atomic E-state index is 13.5. The van der Waals surface area contributed by atoms with E-state index in [1.807, 2.05) is 44.2 Å². The van der Waals surface area contributed by atoms with E-state index in [-0.39, 0.29) is 41.9 Å². The van der Waals surface area contributed by atoms with Gasteiger partial charge in [0.1, 0.15) is 5.75 Å². The minimum atomic E-state index is -3.87. The molecule has 0 bridgehead atoms. The summed E-state index contributed by atoms with van der Waals surface area (Å²) in [6.07, 6.45) is 0.818. The number of amides is 1. The van der Waals surface area contributed by atoms with Gasteiger partial charge in [-0.1, -0.05) is 80.9 Å². The molecule has 1 atom stereocenters. The maximum absolute atomic E-state index is 13.5. The van der Waals surface area contributed by atoms with Crippen LogP contribution < -0.4 is 4.31 Å². The summed E-state index contributed by atoms with van der Waals surface area (Å²) in [5.74, 6) is -0.203. The molecule has 2 N–H and O–H groups in total. The molecule has 0 fully saturated rings. The van der Waals surface area contributed by atoms with Crippen molar-refractivity contribution in [2.24, 2.45) is 5.92 Å². The Morgan fingerprint density at radius 1 is 0.944 bits per heavy atom. The van der Waals surface area contributed by atoms with Crippen LogP contribution in [0.15, 0.2) is 83.8 Å². The first-order valence-corrected chi connectivity index (χ1v) is 13.6. The highest BCUT2D eigenvalue weighted by Crippen LogP contribution is 2.36. The number of unbranched alkanes of at least 4 members (excludes halogenated alkanes) is 1. The molecule has 1 amide bonds. The second kappa shape index (κ2) is 12.4. The molecule has 192 valence electrons. The maximum Gasteiger partial charge on any atom is 0.407 e. The first kappa shape index (κ1) is 27.1. The zero-order chi connectivity index (χ0) is 26.1. The van der Waals surface area contributed by atoms with E-state index in [4.69, 9.17) is 0 Å². The molecule has 0 unspecified atom stereocenters. The van der Waals surface area contributed by atoms with Crippen LogP contribution >= 0.6 is 0 Å². The number of sulfonamides is 1. The van der Waals surface area contributed by atoms with E-state index in [2.05, 4.69) is 0 Å². The van der Waals surface area contributed by atoms with Gasteiger partial charge in [-0.15, -0.1) is 0 Å². The van der Waals surface area contributed by atoms with E-state index in [0.29, 0.717) is 18.4 Å². The van der Waals surface area contributed by atoms with Crippen molar-refractivity contribution < 1.29 is 23.4 Å². The normalized spacial score (nSPS) is 12.2. The first-order chi connectivity index (χ1) is 17.2. The Bertz CT molecular complexity index is 1230. The number of benzene rings is 3. The number of para-hydroxylation sites is 1. The molecule has 0 saturated heterocycles. The summed E-state index contributed by atoms with van der Waals surface area (Å²) in [4.78, 5) is 13.4. The smallest absolute Gasteiger partial charge is 0.407 e. The van der Waals surface area contributed by atoms with E-state index in [0.717, 1.165) is 12.0 Å². The van der Waals surface area contributed by atoms with Gasteiger partial charge in [0.25, 0.3) is 10.0 Å². The van der Waals surface area contributed by atoms with Crippen molar-refractivity contribution in [1.82, 2.24) is 4.90 Å². The SMILES string of the molecule is CCCCN(c1cccc(C[C@@H](C)CN(Cc2ccccc2)C(=O)O)c1O)S(=O)(=O)c1ccccc1. The van der Waals surface area contributed by atoms with Crippen molar-refractivity contribution in [2.75, 3.05) is 17.4 Å². The highest BCUT2D eigenvalue weighted by Gasteiger charge is 2.27. The van der Waals surface area contributed by atoms with Gasteiger partial charge in [0.05, 0.1) is 10.6 Å². The van der Waals surface area contributed by atoms with E-state index in [1.54, 1.807) is 48.5 Å². The third-order valence-corrected chi connectivity index (χ3v) is 7.83. The zero-order valence-electron chi connectivity index (χ0n) is 20.7. The Hall–Kier alpha value is -3.52. The second-order valence-corrected chi connectivity index (χ2v) is 10.8. The molecule has 0 heterocycles. The monoisotopic (exact) mass is 510 g/mol. The Labute approximate surface area is 213 Å². The van der Waals surface area contributed by atoms with Gasteiger partial charge in [-0.3, -0.25) is 4.31 Å². The van der Waals surface area contributed by atoms with Crippen molar-refractivity contribution in [3.63, 3.8) is 0 Å². The lowest BCUT2D eigenvalue weighted by Crippen LogP contribution is -2.34. The minimum Gasteiger partial charge on any atom is -0.505 e. The standard InChI is InChI=1S/C28H34N2O5S/c1-3-4-18-30(36(34,35)25-15-9-6-10-16-25)26-17-11-14-24(27(26)31)19-22(2)20-29(28(32)33)21-23-12-7-5-8-13-23/h5-17,22,31H,3-4,18-21H2,1-2H3,(H,32,33)/t22-/m1/s1. The Kier molecular flexibility index (Phi) is 9.36. The van der Waals surface area contributed by atoms with E-state index < -0.39 is 16.1 Å². The summed E-state index contributed by atoms with van der Waals surface area (Å²) in [7, 11) is -3.87. The van der Waals surface area contributed by atoms with Gasteiger partial charge >= 0.3 is 6.09 Å². The molecule has 0 radical (unpaired) electrons. The van der Waals surface area contributed by atoms with Crippen molar-refractivity contribution >= 4 is 21.8 Å². The van der Waals surface area contributed by atoms with Crippen LogP contribution in [-0.4, -0.2) is 42.7 Å². The molecule has 0 aliphatic rings. The average molecular weight is 511 g/mol. The number of rotatable bonds is 12. The lowest BCUT2D eigenvalue weighted by atomic mass is 9.99. The fourth-order valence-electron chi connectivity index (χ4n) is 4.17. The Morgan fingerprint density at radius 3 is 2.19 bits per heavy atom. The lowest BCUT2D eigenvalue weighted by molar-refractivity contribution is 0.134. The molecule has 0 saturated carbocycles. The summed E-state index contributed by atoms with van der Waals surface area (Å²) < 4.78 is 28.2. The molecule has 3 rings (SSSR count). The number of aromatic hydroxyl groups is 1. The molecule has 7 nitrogen and oxygen atoms in total. The molecular formula is C28H34N2O5S. The topological polar surface area (TPSA) is 98.2 Å². The number of nitrogens with zero attached hydrogens (tertiary/aromatic N) is 2. The molecule has 3 aromatic carbocycles. The third-order valence-electron chi connectivity index (χ3n) is 6.00. The third kappa shape index (κ3) is 6.79. The van der Waals surface area contributed by atoms with E-state index >= 15 is 0 Å². The van der Waals surface area contributed by atoms with Gasteiger partial charge in [0.2, 0.25) is 0 Å². The van der Waals surface area contributed by atoms with Crippen LogP contribution in [0.5, 0.6) is 5.75 Å². The number of phenols is 1. The minimum absolute atomic E-state index is 0.0927. The molecular weight excluding hydrogens is 476 g/mol. The van der Waals surface area contributed by atoms with E-state index in [9.17, 15) is 23.4 Å². The molecule has 3 aromatic rings. The van der Waals surface area contributed by atoms with Crippen LogP contribution in [-0.2, 0) is 23.0 Å². The Balaban J connectivity index is 1.84. The number of carboxylic acid groups (broad SMARTS) is 1. The quantitative estimate of drug-likeness (QED) is 0.323. The van der Waals surface area contributed by atoms with Crippen molar-refractivity contribution in [3.05, 3.63) is 90.0 Å². The van der Waals surface area contributed by atoms with Gasteiger partial charge in [0, 0.05) is 19.6 Å². The number of phenolic OH excluding ortho intramolecular Hbond substituents is 1. The summed E-state index contributed by atoms with van der Waals surface area (Å²) in [5.41, 5.74) is 1.71. The molecule has 0 aliphatic heterocycles. The van der Waals surface area contributed by atoms with Crippen LogP contribution in [0.4, 0.5) is 10.5 Å². The Morgan fingerprint density at radius 2 is 1.58 bits per heavy atom. The van der Waals surface area contributed by atoms with Crippen molar-refractivity contribution in [2.45, 2.75) is 44.6 Å². The first-order valence-electron chi connectivity index (χ1n) is 12.1. The van der Waals surface area contributed by atoms with Gasteiger partial charge in [0.15, 0.2) is 0 Å². The van der Waals surface area contributed by atoms with Crippen molar-refractivity contribution in [3.8, 4) is 5.75 Å². The fourth-order valence-corrected chi connectivity index (χ4v) is 5.70. The fraction of sp³-hybridized carbons (Fsp3) is 0.321. The van der Waals surface area contributed by atoms with Crippen LogP contribution in [0.25, 0.3) is 0 Å². The lowest BCUT2D eigenvalue weighted by Gasteiger charge is -2.27. The number of carbonyl (C=O) groups is 1. The zero-order valence-corrected chi connectivity index (χ0v) is 21.6. The number of anilines is 1. The number of hydrogen-bond acceptors (Lipinski definition) is 4. The van der Waals surface area contributed by atoms with Crippen LogP contribution in [0, 0.1) is 5.92 Å². The summed E-state index contributed by atoms with van der Waals surface area (Å²) in [6, 6.07) is 22.7.